The summed E-state index contributed by atoms with van der Waals surface area (Å²) in [7, 11) is 1.81. The molecule has 3 rings (SSSR count). The maximum Gasteiger partial charge on any atom is 0.223 e. The molecule has 0 radical (unpaired) electrons. The van der Waals surface area contributed by atoms with Crippen molar-refractivity contribution < 1.29 is 9.59 Å². The molecule has 2 heterocycles. The average molecular weight is 334 g/mol. The van der Waals surface area contributed by atoms with Crippen LogP contribution in [0, 0.1) is 5.92 Å². The number of hydrogen-bond donors (Lipinski definition) is 1. The normalized spacial score (nSPS) is 24.5. The van der Waals surface area contributed by atoms with Gasteiger partial charge in [-0.05, 0) is 30.7 Å². The minimum Gasteiger partial charge on any atom is -0.355 e. The molecule has 1 saturated carbocycles. The van der Waals surface area contributed by atoms with Gasteiger partial charge in [-0.25, -0.2) is 0 Å². The summed E-state index contributed by atoms with van der Waals surface area (Å²) in [6, 6.07) is 4.31. The van der Waals surface area contributed by atoms with Crippen LogP contribution < -0.4 is 5.32 Å². The van der Waals surface area contributed by atoms with Gasteiger partial charge in [0.15, 0.2) is 0 Å². The second-order valence-corrected chi connectivity index (χ2v) is 7.99. The number of amides is 2. The third-order valence-corrected chi connectivity index (χ3v) is 6.60. The van der Waals surface area contributed by atoms with Gasteiger partial charge >= 0.3 is 0 Å². The molecule has 1 N–H and O–H groups in total. The highest BCUT2D eigenvalue weighted by Crippen LogP contribution is 2.41. The maximum absolute atomic E-state index is 12.5. The van der Waals surface area contributed by atoms with Crippen molar-refractivity contribution in [2.24, 2.45) is 5.92 Å². The van der Waals surface area contributed by atoms with Crippen LogP contribution in [0.4, 0.5) is 0 Å². The zero-order chi connectivity index (χ0) is 16.3. The van der Waals surface area contributed by atoms with E-state index in [1.807, 2.05) is 7.05 Å². The molecule has 0 bridgehead atoms. The molecule has 1 aromatic heterocycles. The van der Waals surface area contributed by atoms with Gasteiger partial charge in [-0.3, -0.25) is 9.59 Å². The summed E-state index contributed by atoms with van der Waals surface area (Å²) in [5, 5.41) is 5.31. The minimum atomic E-state index is -0.150. The van der Waals surface area contributed by atoms with E-state index in [-0.39, 0.29) is 23.1 Å². The van der Waals surface area contributed by atoms with Crippen LogP contribution in [-0.2, 0) is 15.0 Å². The molecular weight excluding hydrogens is 308 g/mol. The number of likely N-dealkylation sites (tertiary alicyclic amines) is 1. The quantitative estimate of drug-likeness (QED) is 0.920. The summed E-state index contributed by atoms with van der Waals surface area (Å²) >= 11 is 1.80. The fourth-order valence-corrected chi connectivity index (χ4v) is 4.87. The van der Waals surface area contributed by atoms with Gasteiger partial charge in [-0.1, -0.05) is 25.3 Å². The van der Waals surface area contributed by atoms with E-state index in [1.165, 1.54) is 24.1 Å². The van der Waals surface area contributed by atoms with E-state index < -0.39 is 0 Å². The molecule has 126 valence electrons. The van der Waals surface area contributed by atoms with E-state index >= 15 is 0 Å². The van der Waals surface area contributed by atoms with E-state index in [9.17, 15) is 9.59 Å². The first-order valence-corrected chi connectivity index (χ1v) is 9.54. The lowest BCUT2D eigenvalue weighted by Gasteiger charge is -2.37. The van der Waals surface area contributed by atoms with Gasteiger partial charge < -0.3 is 10.2 Å². The largest absolute Gasteiger partial charge is 0.355 e. The molecule has 0 unspecified atom stereocenters. The Balaban J connectivity index is 1.63. The van der Waals surface area contributed by atoms with Crippen LogP contribution in [0.25, 0.3) is 0 Å². The molecule has 23 heavy (non-hydrogen) atoms. The summed E-state index contributed by atoms with van der Waals surface area (Å²) in [5.41, 5.74) is 0.109. The van der Waals surface area contributed by atoms with Gasteiger partial charge in [0, 0.05) is 42.8 Å². The predicted octanol–water partition coefficient (Wildman–Crippen LogP) is 2.93. The van der Waals surface area contributed by atoms with Crippen LogP contribution in [0.3, 0.4) is 0 Å². The first kappa shape index (κ1) is 16.5. The number of nitrogens with zero attached hydrogens (tertiary/aromatic N) is 1. The number of carbonyl (C=O) groups is 2. The first-order chi connectivity index (χ1) is 11.1. The Kier molecular flexibility index (Phi) is 5.05. The third-order valence-electron chi connectivity index (χ3n) is 5.49. The number of carbonyl (C=O) groups excluding carboxylic acids is 2. The number of nitrogens with one attached hydrogen (secondary N) is 1. The minimum absolute atomic E-state index is 0.0629. The van der Waals surface area contributed by atoms with Crippen LogP contribution >= 0.6 is 11.3 Å². The highest BCUT2D eigenvalue weighted by atomic mass is 32.1. The van der Waals surface area contributed by atoms with Gasteiger partial charge in [0.25, 0.3) is 0 Å². The molecule has 1 aliphatic carbocycles. The number of thiophene rings is 1. The van der Waals surface area contributed by atoms with Crippen molar-refractivity contribution in [3.05, 3.63) is 22.4 Å². The Hall–Kier alpha value is -1.36. The summed E-state index contributed by atoms with van der Waals surface area (Å²) in [6.07, 6.45) is 7.21. The van der Waals surface area contributed by atoms with E-state index in [0.717, 1.165) is 19.3 Å². The van der Waals surface area contributed by atoms with Gasteiger partial charge in [-0.15, -0.1) is 11.3 Å². The first-order valence-electron chi connectivity index (χ1n) is 8.66. The van der Waals surface area contributed by atoms with Crippen LogP contribution in [0.2, 0.25) is 0 Å². The summed E-state index contributed by atoms with van der Waals surface area (Å²) in [4.78, 5) is 27.5. The second-order valence-electron chi connectivity index (χ2n) is 7.04. The molecule has 2 amide bonds. The van der Waals surface area contributed by atoms with Crippen LogP contribution in [0.1, 0.15) is 49.8 Å². The zero-order valence-corrected chi connectivity index (χ0v) is 14.7. The number of rotatable bonds is 4. The topological polar surface area (TPSA) is 49.4 Å². The molecule has 2 fully saturated rings. The number of hydrogen-bond acceptors (Lipinski definition) is 3. The third kappa shape index (κ3) is 3.60. The summed E-state index contributed by atoms with van der Waals surface area (Å²) < 4.78 is 0. The highest BCUT2D eigenvalue weighted by molar-refractivity contribution is 7.10. The van der Waals surface area contributed by atoms with E-state index in [2.05, 4.69) is 22.8 Å². The molecule has 1 saturated heterocycles. The average Bonchev–Trinajstić information content (AvgIpc) is 3.11. The Morgan fingerprint density at radius 2 is 2.17 bits per heavy atom. The summed E-state index contributed by atoms with van der Waals surface area (Å²) in [6.45, 7) is 1.40. The SMILES string of the molecule is CN1CC[C@H](C(=O)NCC2(c3cccs3)CCCCC2)CC1=O. The van der Waals surface area contributed by atoms with Gasteiger partial charge in [0.05, 0.1) is 0 Å². The molecular formula is C18H26N2O2S. The Labute approximate surface area is 142 Å². The van der Waals surface area contributed by atoms with E-state index in [4.69, 9.17) is 0 Å². The molecule has 0 spiro atoms. The van der Waals surface area contributed by atoms with E-state index in [1.54, 1.807) is 16.2 Å². The van der Waals surface area contributed by atoms with Crippen molar-refractivity contribution in [2.45, 2.75) is 50.4 Å². The van der Waals surface area contributed by atoms with Gasteiger partial charge in [-0.2, -0.15) is 0 Å². The van der Waals surface area contributed by atoms with Crippen LogP contribution in [0.5, 0.6) is 0 Å². The lowest BCUT2D eigenvalue weighted by Crippen LogP contribution is -2.46. The molecule has 1 atom stereocenters. The second kappa shape index (κ2) is 7.04. The van der Waals surface area contributed by atoms with Crippen molar-refractivity contribution in [3.8, 4) is 0 Å². The smallest absolute Gasteiger partial charge is 0.223 e. The zero-order valence-electron chi connectivity index (χ0n) is 13.8. The molecule has 1 aromatic rings. The van der Waals surface area contributed by atoms with Crippen LogP contribution in [0.15, 0.2) is 17.5 Å². The molecule has 1 aliphatic heterocycles. The molecule has 0 aromatic carbocycles. The van der Waals surface area contributed by atoms with Crippen molar-refractivity contribution in [1.82, 2.24) is 10.2 Å². The Morgan fingerprint density at radius 1 is 1.39 bits per heavy atom. The van der Waals surface area contributed by atoms with Crippen molar-refractivity contribution >= 4 is 23.2 Å². The standard InChI is InChI=1S/C18H26N2O2S/c1-20-10-7-14(12-16(20)21)17(22)19-13-18(8-3-2-4-9-18)15-6-5-11-23-15/h5-6,11,14H,2-4,7-10,12-13H2,1H3,(H,19,22)/t14-/m0/s1. The molecule has 2 aliphatic rings. The van der Waals surface area contributed by atoms with Gasteiger partial charge in [0.2, 0.25) is 11.8 Å². The highest BCUT2D eigenvalue weighted by Gasteiger charge is 2.36. The summed E-state index contributed by atoms with van der Waals surface area (Å²) in [5.74, 6) is -0.00216. The predicted molar refractivity (Wildman–Crippen MR) is 92.5 cm³/mol. The number of piperidine rings is 1. The molecule has 5 heteroatoms. The van der Waals surface area contributed by atoms with Gasteiger partial charge in [0.1, 0.15) is 0 Å². The van der Waals surface area contributed by atoms with Crippen molar-refractivity contribution in [1.29, 1.82) is 0 Å². The monoisotopic (exact) mass is 334 g/mol. The lowest BCUT2D eigenvalue weighted by molar-refractivity contribution is -0.139. The Morgan fingerprint density at radius 3 is 2.83 bits per heavy atom. The fourth-order valence-electron chi connectivity index (χ4n) is 3.89. The van der Waals surface area contributed by atoms with Crippen molar-refractivity contribution in [3.63, 3.8) is 0 Å². The van der Waals surface area contributed by atoms with Crippen molar-refractivity contribution in [2.75, 3.05) is 20.1 Å². The Bertz CT molecular complexity index is 549. The lowest BCUT2D eigenvalue weighted by atomic mass is 9.73. The fraction of sp³-hybridized carbons (Fsp3) is 0.667. The molecule has 4 nitrogen and oxygen atoms in total. The van der Waals surface area contributed by atoms with Crippen LogP contribution in [-0.4, -0.2) is 36.9 Å². The van der Waals surface area contributed by atoms with E-state index in [0.29, 0.717) is 19.5 Å². The maximum atomic E-state index is 12.5.